The molecule has 124 valence electrons. The molecule has 1 atom stereocenters. The average Bonchev–Trinajstić information content (AvgIpc) is 3.23. The number of nitrogens with zero attached hydrogens (tertiary/aromatic N) is 6. The molecule has 2 aromatic rings. The smallest absolute Gasteiger partial charge is 0.205 e. The maximum atomic E-state index is 4.78. The second kappa shape index (κ2) is 5.54. The molecule has 4 heterocycles. The summed E-state index contributed by atoms with van der Waals surface area (Å²) in [5.41, 5.74) is 0.0117. The topological polar surface area (TPSA) is 59.7 Å². The number of aryl methyl sites for hydroxylation is 1. The Morgan fingerprint density at radius 1 is 1.13 bits per heavy atom. The van der Waals surface area contributed by atoms with Gasteiger partial charge < -0.3 is 9.47 Å². The lowest BCUT2D eigenvalue weighted by Gasteiger charge is -2.31. The fourth-order valence-corrected chi connectivity index (χ4v) is 4.38. The molecule has 0 N–H and O–H groups in total. The van der Waals surface area contributed by atoms with E-state index in [0.29, 0.717) is 5.92 Å². The molecule has 1 fully saturated rings. The molecule has 2 aliphatic rings. The first-order valence-electron chi connectivity index (χ1n) is 8.53. The highest BCUT2D eigenvalue weighted by Crippen LogP contribution is 2.32. The normalized spacial score (nSPS) is 21.7. The van der Waals surface area contributed by atoms with Crippen molar-refractivity contribution in [1.29, 1.82) is 0 Å². The Balaban J connectivity index is 1.54. The van der Waals surface area contributed by atoms with Gasteiger partial charge in [0, 0.05) is 48.9 Å². The molecule has 0 spiro atoms. The van der Waals surface area contributed by atoms with E-state index in [1.807, 2.05) is 0 Å². The molecule has 1 unspecified atom stereocenters. The molecule has 0 bridgehead atoms. The second-order valence-corrected chi connectivity index (χ2v) is 8.40. The molecule has 2 aromatic heterocycles. The Morgan fingerprint density at radius 3 is 2.78 bits per heavy atom. The van der Waals surface area contributed by atoms with Crippen molar-refractivity contribution >= 4 is 16.7 Å². The standard InChI is InChI=1S/C16H24N6S/c1-16(2,3)14-17-15(23-20-14)21-8-4-6-11(10-21)13-19-18-12-7-5-9-22(12)13/h11H,4-10H2,1-3H3. The fourth-order valence-electron chi connectivity index (χ4n) is 3.49. The summed E-state index contributed by atoms with van der Waals surface area (Å²) in [7, 11) is 0. The van der Waals surface area contributed by atoms with Gasteiger partial charge in [0.1, 0.15) is 17.5 Å². The SMILES string of the molecule is CC(C)(C)c1nsc(N2CCCC(c3nnc4n3CCC4)C2)n1. The Bertz CT molecular complexity index is 698. The molecular weight excluding hydrogens is 308 g/mol. The van der Waals surface area contributed by atoms with Crippen molar-refractivity contribution in [3.63, 3.8) is 0 Å². The monoisotopic (exact) mass is 332 g/mol. The van der Waals surface area contributed by atoms with Crippen molar-refractivity contribution < 1.29 is 0 Å². The minimum atomic E-state index is 0.0117. The van der Waals surface area contributed by atoms with Gasteiger partial charge in [0.2, 0.25) is 5.13 Å². The van der Waals surface area contributed by atoms with Crippen molar-refractivity contribution in [2.75, 3.05) is 18.0 Å². The van der Waals surface area contributed by atoms with E-state index in [1.54, 1.807) is 0 Å². The third-order valence-electron chi connectivity index (χ3n) is 4.78. The van der Waals surface area contributed by atoms with Crippen LogP contribution in [-0.2, 0) is 18.4 Å². The number of hydrogen-bond donors (Lipinski definition) is 0. The van der Waals surface area contributed by atoms with Crippen LogP contribution in [0.15, 0.2) is 0 Å². The molecule has 23 heavy (non-hydrogen) atoms. The third kappa shape index (κ3) is 2.75. The molecule has 0 aliphatic carbocycles. The summed E-state index contributed by atoms with van der Waals surface area (Å²) in [4.78, 5) is 7.17. The lowest BCUT2D eigenvalue weighted by atomic mass is 9.96. The molecule has 0 saturated carbocycles. The molecular formula is C16H24N6S. The molecule has 6 nitrogen and oxygen atoms in total. The van der Waals surface area contributed by atoms with Crippen LogP contribution < -0.4 is 4.90 Å². The predicted molar refractivity (Wildman–Crippen MR) is 91.1 cm³/mol. The molecule has 4 rings (SSSR count). The van der Waals surface area contributed by atoms with Crippen LogP contribution >= 0.6 is 11.5 Å². The minimum Gasteiger partial charge on any atom is -0.346 e. The molecule has 7 heteroatoms. The number of aromatic nitrogens is 5. The summed E-state index contributed by atoms with van der Waals surface area (Å²) in [6, 6.07) is 0. The number of fused-ring (bicyclic) bond motifs is 1. The van der Waals surface area contributed by atoms with E-state index in [0.717, 1.165) is 37.0 Å². The van der Waals surface area contributed by atoms with Crippen LogP contribution in [-0.4, -0.2) is 37.2 Å². The first kappa shape index (κ1) is 15.1. The van der Waals surface area contributed by atoms with Gasteiger partial charge in [-0.1, -0.05) is 20.8 Å². The summed E-state index contributed by atoms with van der Waals surface area (Å²) in [5, 5.41) is 9.92. The zero-order valence-electron chi connectivity index (χ0n) is 14.1. The van der Waals surface area contributed by atoms with Gasteiger partial charge in [0.15, 0.2) is 0 Å². The molecule has 0 aromatic carbocycles. The summed E-state index contributed by atoms with van der Waals surface area (Å²) in [5.74, 6) is 3.76. The van der Waals surface area contributed by atoms with Crippen LogP contribution in [0.1, 0.15) is 63.4 Å². The maximum absolute atomic E-state index is 4.78. The van der Waals surface area contributed by atoms with E-state index in [2.05, 4.69) is 44.8 Å². The van der Waals surface area contributed by atoms with Crippen LogP contribution in [0.5, 0.6) is 0 Å². The van der Waals surface area contributed by atoms with Crippen molar-refractivity contribution in [2.45, 2.75) is 64.3 Å². The Labute approximate surface area is 141 Å². The van der Waals surface area contributed by atoms with E-state index in [4.69, 9.17) is 4.98 Å². The predicted octanol–water partition coefficient (Wildman–Crippen LogP) is 2.76. The quantitative estimate of drug-likeness (QED) is 0.846. The number of hydrogen-bond acceptors (Lipinski definition) is 6. The average molecular weight is 332 g/mol. The van der Waals surface area contributed by atoms with Gasteiger partial charge in [0.25, 0.3) is 0 Å². The third-order valence-corrected chi connectivity index (χ3v) is 5.56. The summed E-state index contributed by atoms with van der Waals surface area (Å²) < 4.78 is 6.91. The van der Waals surface area contributed by atoms with Gasteiger partial charge in [-0.05, 0) is 19.3 Å². The van der Waals surface area contributed by atoms with E-state index in [1.165, 1.54) is 42.4 Å². The number of anilines is 1. The first-order valence-corrected chi connectivity index (χ1v) is 9.31. The van der Waals surface area contributed by atoms with Gasteiger partial charge >= 0.3 is 0 Å². The van der Waals surface area contributed by atoms with Crippen molar-refractivity contribution in [2.24, 2.45) is 0 Å². The van der Waals surface area contributed by atoms with Crippen LogP contribution in [0.2, 0.25) is 0 Å². The van der Waals surface area contributed by atoms with Gasteiger partial charge in [-0.15, -0.1) is 10.2 Å². The zero-order chi connectivity index (χ0) is 16.0. The number of rotatable bonds is 2. The number of piperidine rings is 1. The van der Waals surface area contributed by atoms with E-state index in [-0.39, 0.29) is 5.41 Å². The molecule has 2 aliphatic heterocycles. The fraction of sp³-hybridized carbons (Fsp3) is 0.750. The Hall–Kier alpha value is -1.50. The van der Waals surface area contributed by atoms with Crippen LogP contribution in [0.4, 0.5) is 5.13 Å². The van der Waals surface area contributed by atoms with Crippen LogP contribution in [0.25, 0.3) is 0 Å². The van der Waals surface area contributed by atoms with Crippen molar-refractivity contribution in [3.8, 4) is 0 Å². The lowest BCUT2D eigenvalue weighted by Crippen LogP contribution is -2.35. The second-order valence-electron chi connectivity index (χ2n) is 7.67. The zero-order valence-corrected chi connectivity index (χ0v) is 14.9. The Morgan fingerprint density at radius 2 is 2.00 bits per heavy atom. The lowest BCUT2D eigenvalue weighted by molar-refractivity contribution is 0.471. The summed E-state index contributed by atoms with van der Waals surface area (Å²) >= 11 is 1.53. The van der Waals surface area contributed by atoms with Crippen molar-refractivity contribution in [3.05, 3.63) is 17.5 Å². The van der Waals surface area contributed by atoms with E-state index >= 15 is 0 Å². The highest BCUT2D eigenvalue weighted by molar-refractivity contribution is 7.09. The maximum Gasteiger partial charge on any atom is 0.205 e. The molecule has 0 amide bonds. The highest BCUT2D eigenvalue weighted by Gasteiger charge is 2.30. The van der Waals surface area contributed by atoms with Gasteiger partial charge in [-0.2, -0.15) is 4.37 Å². The van der Waals surface area contributed by atoms with E-state index in [9.17, 15) is 0 Å². The molecule has 1 saturated heterocycles. The van der Waals surface area contributed by atoms with Crippen LogP contribution in [0, 0.1) is 0 Å². The largest absolute Gasteiger partial charge is 0.346 e. The van der Waals surface area contributed by atoms with Gasteiger partial charge in [-0.3, -0.25) is 0 Å². The highest BCUT2D eigenvalue weighted by atomic mass is 32.1. The first-order chi connectivity index (χ1) is 11.0. The minimum absolute atomic E-state index is 0.0117. The van der Waals surface area contributed by atoms with Crippen molar-refractivity contribution in [1.82, 2.24) is 24.1 Å². The van der Waals surface area contributed by atoms with Gasteiger partial charge in [0.05, 0.1) is 0 Å². The summed E-state index contributed by atoms with van der Waals surface area (Å²) in [6.07, 6.45) is 4.66. The van der Waals surface area contributed by atoms with E-state index < -0.39 is 0 Å². The summed E-state index contributed by atoms with van der Waals surface area (Å²) in [6.45, 7) is 9.63. The van der Waals surface area contributed by atoms with Gasteiger partial charge in [-0.25, -0.2) is 4.98 Å². The molecule has 0 radical (unpaired) electrons. The van der Waals surface area contributed by atoms with Crippen LogP contribution in [0.3, 0.4) is 0 Å². The Kier molecular flexibility index (Phi) is 3.63.